The largest absolute Gasteiger partial charge is 0.472 e. The molecule has 0 aromatic heterocycles. The molecule has 19 heteroatoms. The molecule has 0 fully saturated rings. The first-order valence-corrected chi connectivity index (χ1v) is 43.4. The summed E-state index contributed by atoms with van der Waals surface area (Å²) in [6.07, 6.45) is 55.7. The molecular weight excluding hydrogens is 1270 g/mol. The van der Waals surface area contributed by atoms with Gasteiger partial charge >= 0.3 is 39.5 Å². The number of esters is 4. The molecule has 0 aliphatic rings. The van der Waals surface area contributed by atoms with Crippen LogP contribution in [0.1, 0.15) is 402 Å². The van der Waals surface area contributed by atoms with E-state index in [4.69, 9.17) is 37.0 Å². The van der Waals surface area contributed by atoms with Crippen LogP contribution < -0.4 is 0 Å². The average molecular weight is 1420 g/mol. The minimum atomic E-state index is -4.96. The molecule has 0 saturated carbocycles. The van der Waals surface area contributed by atoms with Crippen LogP contribution in [0.3, 0.4) is 0 Å². The molecule has 0 spiro atoms. The smallest absolute Gasteiger partial charge is 0.462 e. The molecule has 3 unspecified atom stereocenters. The van der Waals surface area contributed by atoms with Gasteiger partial charge in [0.2, 0.25) is 0 Å². The van der Waals surface area contributed by atoms with Gasteiger partial charge in [-0.05, 0) is 43.4 Å². The molecule has 97 heavy (non-hydrogen) atoms. The molecule has 0 heterocycles. The summed E-state index contributed by atoms with van der Waals surface area (Å²) in [7, 11) is -9.91. The predicted molar refractivity (Wildman–Crippen MR) is 395 cm³/mol. The van der Waals surface area contributed by atoms with E-state index in [2.05, 4.69) is 48.5 Å². The van der Waals surface area contributed by atoms with Gasteiger partial charge in [0, 0.05) is 25.7 Å². The highest BCUT2D eigenvalue weighted by atomic mass is 31.2. The van der Waals surface area contributed by atoms with E-state index in [9.17, 15) is 43.2 Å². The Labute approximate surface area is 594 Å². The Kier molecular flexibility index (Phi) is 67.1. The molecule has 0 rings (SSSR count). The first kappa shape index (κ1) is 95.1. The monoisotopic (exact) mass is 1420 g/mol. The normalized spacial score (nSPS) is 14.3. The second-order valence-electron chi connectivity index (χ2n) is 29.3. The van der Waals surface area contributed by atoms with Crippen LogP contribution in [0, 0.1) is 17.8 Å². The van der Waals surface area contributed by atoms with E-state index < -0.39 is 97.5 Å². The van der Waals surface area contributed by atoms with E-state index in [1.54, 1.807) is 0 Å². The molecule has 0 aliphatic carbocycles. The summed E-state index contributed by atoms with van der Waals surface area (Å²) in [5.41, 5.74) is 0. The zero-order valence-electron chi connectivity index (χ0n) is 63.5. The minimum Gasteiger partial charge on any atom is -0.462 e. The molecule has 0 aliphatic heterocycles. The van der Waals surface area contributed by atoms with Crippen molar-refractivity contribution in [2.45, 2.75) is 420 Å². The Bertz CT molecular complexity index is 1890. The van der Waals surface area contributed by atoms with Gasteiger partial charge in [-0.3, -0.25) is 37.3 Å². The maximum atomic E-state index is 13.1. The quantitative estimate of drug-likeness (QED) is 0.0222. The molecule has 3 N–H and O–H groups in total. The standard InChI is InChI=1S/C78H152O17P2/c1-8-10-11-12-13-14-32-38-47-54-61-77(82)95-74(66-89-76(81)60-53-46-41-40-43-50-57-70(5)6)68-93-97(86,87)91-64-72(79)63-90-96(84,85)92-67-73(65-88-75(80)59-52-45-37-33-28-25-21-22-26-30-35-42-49-56-69(3)4)94-78(83)62-55-48-39-34-29-24-20-18-16-15-17-19-23-27-31-36-44-51-58-71(7)9-2/h69-74,79H,8-68H2,1-7H3,(H,84,85)(H,86,87)/t71?,72-,73-,74-/m1/s1. The Hall–Kier alpha value is -1.94. The van der Waals surface area contributed by atoms with Crippen LogP contribution >= 0.6 is 15.6 Å². The van der Waals surface area contributed by atoms with Crippen LogP contribution in [0.5, 0.6) is 0 Å². The average Bonchev–Trinajstić information content (AvgIpc) is 1.02. The van der Waals surface area contributed by atoms with E-state index in [1.807, 2.05) is 0 Å². The van der Waals surface area contributed by atoms with Gasteiger partial charge in [0.15, 0.2) is 12.2 Å². The third-order valence-corrected chi connectivity index (χ3v) is 20.4. The number of phosphoric acid groups is 2. The number of rotatable bonds is 76. The van der Waals surface area contributed by atoms with Gasteiger partial charge in [-0.25, -0.2) is 9.13 Å². The number of aliphatic hydroxyl groups excluding tert-OH is 1. The highest BCUT2D eigenvalue weighted by Crippen LogP contribution is 2.45. The van der Waals surface area contributed by atoms with Crippen LogP contribution in [0.2, 0.25) is 0 Å². The molecule has 6 atom stereocenters. The van der Waals surface area contributed by atoms with Gasteiger partial charge in [0.1, 0.15) is 19.3 Å². The molecule has 576 valence electrons. The third kappa shape index (κ3) is 70.9. The maximum absolute atomic E-state index is 13.1. The number of carbonyl (C=O) groups excluding carboxylic acids is 4. The molecule has 17 nitrogen and oxygen atoms in total. The number of unbranched alkanes of at least 4 members (excludes halogenated alkanes) is 43. The van der Waals surface area contributed by atoms with E-state index in [1.165, 1.54) is 205 Å². The lowest BCUT2D eigenvalue weighted by molar-refractivity contribution is -0.161. The van der Waals surface area contributed by atoms with Gasteiger partial charge < -0.3 is 33.8 Å². The minimum absolute atomic E-state index is 0.105. The van der Waals surface area contributed by atoms with Crippen LogP contribution in [0.25, 0.3) is 0 Å². The van der Waals surface area contributed by atoms with Crippen LogP contribution in [0.15, 0.2) is 0 Å². The lowest BCUT2D eigenvalue weighted by Crippen LogP contribution is -2.30. The maximum Gasteiger partial charge on any atom is 0.472 e. The van der Waals surface area contributed by atoms with Gasteiger partial charge in [0.25, 0.3) is 0 Å². The molecule has 0 aromatic rings. The van der Waals surface area contributed by atoms with Crippen molar-refractivity contribution in [2.75, 3.05) is 39.6 Å². The van der Waals surface area contributed by atoms with Gasteiger partial charge in [0.05, 0.1) is 26.4 Å². The molecule has 0 bridgehead atoms. The first-order chi connectivity index (χ1) is 46.8. The fourth-order valence-corrected chi connectivity index (χ4v) is 13.5. The van der Waals surface area contributed by atoms with Crippen molar-refractivity contribution in [1.29, 1.82) is 0 Å². The lowest BCUT2D eigenvalue weighted by Gasteiger charge is -2.21. The Balaban J connectivity index is 5.18. The van der Waals surface area contributed by atoms with Crippen LogP contribution in [-0.4, -0.2) is 96.7 Å². The highest BCUT2D eigenvalue weighted by molar-refractivity contribution is 7.47. The number of phosphoric ester groups is 2. The summed E-state index contributed by atoms with van der Waals surface area (Å²) in [5.74, 6) is 0.224. The SMILES string of the molecule is CCCCCCCCCCCCC(=O)O[C@H](COC(=O)CCCCCCCCC(C)C)COP(=O)(O)OC[C@H](O)COP(=O)(O)OC[C@@H](COC(=O)CCCCCCCCCCCCCCCC(C)C)OC(=O)CCCCCCCCCCCCCCCCCCCCC(C)CC. The Morgan fingerprint density at radius 3 is 0.784 bits per heavy atom. The number of hydrogen-bond donors (Lipinski definition) is 3. The fraction of sp³-hybridized carbons (Fsp3) is 0.949. The van der Waals surface area contributed by atoms with Crippen molar-refractivity contribution in [1.82, 2.24) is 0 Å². The number of ether oxygens (including phenoxy) is 4. The first-order valence-electron chi connectivity index (χ1n) is 40.4. The molecular formula is C78H152O17P2. The molecule has 0 saturated heterocycles. The van der Waals surface area contributed by atoms with E-state index in [-0.39, 0.29) is 25.7 Å². The molecule has 0 radical (unpaired) electrons. The summed E-state index contributed by atoms with van der Waals surface area (Å²) in [5, 5.41) is 10.6. The predicted octanol–water partition coefficient (Wildman–Crippen LogP) is 23.0. The van der Waals surface area contributed by atoms with E-state index in [0.29, 0.717) is 31.6 Å². The fourth-order valence-electron chi connectivity index (χ4n) is 11.9. The summed E-state index contributed by atoms with van der Waals surface area (Å²) >= 11 is 0. The van der Waals surface area contributed by atoms with Crippen molar-refractivity contribution in [3.05, 3.63) is 0 Å². The second-order valence-corrected chi connectivity index (χ2v) is 32.2. The van der Waals surface area contributed by atoms with Crippen molar-refractivity contribution >= 4 is 39.5 Å². The van der Waals surface area contributed by atoms with Gasteiger partial charge in [-0.1, -0.05) is 350 Å². The van der Waals surface area contributed by atoms with Crippen LogP contribution in [-0.2, 0) is 65.4 Å². The summed E-state index contributed by atoms with van der Waals surface area (Å²) in [6.45, 7) is 11.9. The summed E-state index contributed by atoms with van der Waals surface area (Å²) in [4.78, 5) is 72.8. The summed E-state index contributed by atoms with van der Waals surface area (Å²) in [6, 6.07) is 0. The van der Waals surface area contributed by atoms with Crippen LogP contribution in [0.4, 0.5) is 0 Å². The van der Waals surface area contributed by atoms with E-state index >= 15 is 0 Å². The van der Waals surface area contributed by atoms with Gasteiger partial charge in [-0.2, -0.15) is 0 Å². The highest BCUT2D eigenvalue weighted by Gasteiger charge is 2.30. The Morgan fingerprint density at radius 1 is 0.299 bits per heavy atom. The van der Waals surface area contributed by atoms with Crippen molar-refractivity contribution in [3.63, 3.8) is 0 Å². The number of aliphatic hydroxyl groups is 1. The second kappa shape index (κ2) is 68.5. The van der Waals surface area contributed by atoms with Gasteiger partial charge in [-0.15, -0.1) is 0 Å². The topological polar surface area (TPSA) is 237 Å². The Morgan fingerprint density at radius 2 is 0.526 bits per heavy atom. The molecule has 0 amide bonds. The number of carbonyl (C=O) groups is 4. The zero-order chi connectivity index (χ0) is 71.6. The molecule has 0 aromatic carbocycles. The van der Waals surface area contributed by atoms with Crippen molar-refractivity contribution < 1.29 is 80.2 Å². The van der Waals surface area contributed by atoms with E-state index in [0.717, 1.165) is 108 Å². The lowest BCUT2D eigenvalue weighted by atomic mass is 9.99. The summed E-state index contributed by atoms with van der Waals surface area (Å²) < 4.78 is 68.5. The zero-order valence-corrected chi connectivity index (χ0v) is 65.3. The third-order valence-electron chi connectivity index (χ3n) is 18.5. The van der Waals surface area contributed by atoms with Crippen molar-refractivity contribution in [3.8, 4) is 0 Å². The number of hydrogen-bond acceptors (Lipinski definition) is 15. The van der Waals surface area contributed by atoms with Crippen molar-refractivity contribution in [2.24, 2.45) is 17.8 Å².